The zero-order valence-corrected chi connectivity index (χ0v) is 15.6. The van der Waals surface area contributed by atoms with Crippen molar-refractivity contribution in [2.24, 2.45) is 0 Å². The van der Waals surface area contributed by atoms with Crippen molar-refractivity contribution < 1.29 is 22.7 Å². The van der Waals surface area contributed by atoms with E-state index in [1.807, 2.05) is 11.8 Å². The number of amides is 1. The molecule has 0 aliphatic carbocycles. The third-order valence-corrected chi connectivity index (χ3v) is 4.17. The molecule has 1 heterocycles. The molecule has 1 aliphatic rings. The summed E-state index contributed by atoms with van der Waals surface area (Å²) in [6.07, 6.45) is -4.84. The van der Waals surface area contributed by atoms with Crippen LogP contribution in [0.2, 0.25) is 0 Å². The van der Waals surface area contributed by atoms with Crippen molar-refractivity contribution in [3.63, 3.8) is 0 Å². The number of hydrogen-bond donors (Lipinski definition) is 1. The van der Waals surface area contributed by atoms with Crippen LogP contribution in [-0.2, 0) is 17.5 Å². The number of hydrogen-bond acceptors (Lipinski definition) is 4. The highest BCUT2D eigenvalue weighted by molar-refractivity contribution is 5.68. The molecule has 1 fully saturated rings. The summed E-state index contributed by atoms with van der Waals surface area (Å²) < 4.78 is 45.1. The van der Waals surface area contributed by atoms with Crippen molar-refractivity contribution in [2.45, 2.75) is 52.1 Å². The summed E-state index contributed by atoms with van der Waals surface area (Å²) >= 11 is 0. The third-order valence-electron chi connectivity index (χ3n) is 4.17. The number of benzene rings is 1. The smallest absolute Gasteiger partial charge is 0.416 e. The fraction of sp³-hybridized carbons (Fsp3) is 0.611. The maximum absolute atomic E-state index is 13.2. The van der Waals surface area contributed by atoms with Gasteiger partial charge in [0, 0.05) is 37.9 Å². The molecule has 5 nitrogen and oxygen atoms in total. The average molecular weight is 373 g/mol. The number of alkyl halides is 3. The molecule has 2 N–H and O–H groups in total. The van der Waals surface area contributed by atoms with Gasteiger partial charge in [-0.05, 0) is 45.4 Å². The number of carbonyl (C=O) groups is 1. The fourth-order valence-electron chi connectivity index (χ4n) is 3.01. The van der Waals surface area contributed by atoms with Gasteiger partial charge in [0.15, 0.2) is 0 Å². The number of nitrogens with zero attached hydrogens (tertiary/aromatic N) is 2. The molecule has 0 radical (unpaired) electrons. The monoisotopic (exact) mass is 373 g/mol. The van der Waals surface area contributed by atoms with Crippen LogP contribution in [0.15, 0.2) is 18.2 Å². The number of carbonyl (C=O) groups excluding carboxylic acids is 1. The van der Waals surface area contributed by atoms with Crippen LogP contribution in [0.25, 0.3) is 0 Å². The van der Waals surface area contributed by atoms with Gasteiger partial charge in [-0.2, -0.15) is 13.2 Å². The van der Waals surface area contributed by atoms with E-state index >= 15 is 0 Å². The lowest BCUT2D eigenvalue weighted by molar-refractivity contribution is -0.138. The zero-order chi connectivity index (χ0) is 19.7. The van der Waals surface area contributed by atoms with Gasteiger partial charge >= 0.3 is 12.3 Å². The number of halogens is 3. The van der Waals surface area contributed by atoms with Crippen molar-refractivity contribution >= 4 is 11.8 Å². The van der Waals surface area contributed by atoms with Crippen molar-refractivity contribution in [1.29, 1.82) is 0 Å². The first kappa shape index (κ1) is 20.4. The number of nitrogen functional groups attached to an aromatic ring is 1. The van der Waals surface area contributed by atoms with Gasteiger partial charge in [0.05, 0.1) is 5.56 Å². The Morgan fingerprint density at radius 3 is 2.46 bits per heavy atom. The van der Waals surface area contributed by atoms with Crippen LogP contribution in [0.5, 0.6) is 0 Å². The van der Waals surface area contributed by atoms with Crippen LogP contribution in [0.3, 0.4) is 0 Å². The number of ether oxygens (including phenoxy) is 1. The van der Waals surface area contributed by atoms with Gasteiger partial charge in [-0.15, -0.1) is 0 Å². The first-order valence-electron chi connectivity index (χ1n) is 8.54. The van der Waals surface area contributed by atoms with Crippen LogP contribution in [0.4, 0.5) is 23.7 Å². The van der Waals surface area contributed by atoms with Crippen LogP contribution in [0, 0.1) is 0 Å². The molecule has 1 amide bonds. The van der Waals surface area contributed by atoms with E-state index in [1.54, 1.807) is 25.7 Å². The molecule has 1 aliphatic heterocycles. The second-order valence-electron chi connectivity index (χ2n) is 7.67. The van der Waals surface area contributed by atoms with E-state index < -0.39 is 23.4 Å². The number of rotatable bonds is 2. The fourth-order valence-corrected chi connectivity index (χ4v) is 3.01. The number of piperazine rings is 1. The average Bonchev–Trinajstić information content (AvgIpc) is 2.46. The molecule has 1 aromatic carbocycles. The van der Waals surface area contributed by atoms with E-state index in [2.05, 4.69) is 0 Å². The highest BCUT2D eigenvalue weighted by atomic mass is 19.4. The highest BCUT2D eigenvalue weighted by Gasteiger charge is 2.35. The van der Waals surface area contributed by atoms with E-state index in [0.717, 1.165) is 6.07 Å². The van der Waals surface area contributed by atoms with Gasteiger partial charge in [-0.3, -0.25) is 4.90 Å². The molecule has 146 valence electrons. The predicted octanol–water partition coefficient (Wildman–Crippen LogP) is 3.73. The zero-order valence-electron chi connectivity index (χ0n) is 15.6. The molecular formula is C18H26F3N3O2. The lowest BCUT2D eigenvalue weighted by atomic mass is 10.0. The van der Waals surface area contributed by atoms with Gasteiger partial charge in [0.2, 0.25) is 0 Å². The van der Waals surface area contributed by atoms with E-state index in [0.29, 0.717) is 19.6 Å². The molecule has 1 aromatic rings. The quantitative estimate of drug-likeness (QED) is 0.803. The van der Waals surface area contributed by atoms with Gasteiger partial charge in [0.1, 0.15) is 5.60 Å². The Morgan fingerprint density at radius 2 is 1.92 bits per heavy atom. The molecule has 26 heavy (non-hydrogen) atoms. The molecule has 1 atom stereocenters. The van der Waals surface area contributed by atoms with Gasteiger partial charge < -0.3 is 15.4 Å². The Bertz CT molecular complexity index is 656. The molecule has 0 spiro atoms. The third kappa shape index (κ3) is 5.27. The van der Waals surface area contributed by atoms with Crippen LogP contribution >= 0.6 is 0 Å². The SMILES string of the molecule is CC1CN(Cc2ccc(N)cc2C(F)(F)F)CCN1C(=O)OC(C)(C)C. The molecule has 1 saturated heterocycles. The van der Waals surface area contributed by atoms with E-state index in [-0.39, 0.29) is 23.8 Å². The maximum atomic E-state index is 13.2. The largest absolute Gasteiger partial charge is 0.444 e. The standard InChI is InChI=1S/C18H26F3N3O2/c1-12-10-23(7-8-24(12)16(25)26-17(2,3)4)11-13-5-6-14(22)9-15(13)18(19,20)21/h5-6,9,12H,7-8,10-11,22H2,1-4H3. The van der Waals surface area contributed by atoms with E-state index in [1.165, 1.54) is 12.1 Å². The highest BCUT2D eigenvalue weighted by Crippen LogP contribution is 2.34. The van der Waals surface area contributed by atoms with Crippen molar-refractivity contribution in [3.05, 3.63) is 29.3 Å². The summed E-state index contributed by atoms with van der Waals surface area (Å²) in [5.41, 5.74) is 4.49. The summed E-state index contributed by atoms with van der Waals surface area (Å²) in [5, 5.41) is 0. The van der Waals surface area contributed by atoms with Gasteiger partial charge in [-0.25, -0.2) is 4.79 Å². The Balaban J connectivity index is 2.06. The molecule has 1 unspecified atom stereocenters. The lowest BCUT2D eigenvalue weighted by Gasteiger charge is -2.40. The summed E-state index contributed by atoms with van der Waals surface area (Å²) in [7, 11) is 0. The molecule has 2 rings (SSSR count). The van der Waals surface area contributed by atoms with Gasteiger partial charge in [0.25, 0.3) is 0 Å². The van der Waals surface area contributed by atoms with Crippen molar-refractivity contribution in [2.75, 3.05) is 25.4 Å². The van der Waals surface area contributed by atoms with Crippen molar-refractivity contribution in [3.8, 4) is 0 Å². The van der Waals surface area contributed by atoms with Crippen LogP contribution in [0.1, 0.15) is 38.8 Å². The second kappa shape index (κ2) is 7.34. The number of anilines is 1. The Kier molecular flexibility index (Phi) is 5.75. The minimum Gasteiger partial charge on any atom is -0.444 e. The topological polar surface area (TPSA) is 58.8 Å². The summed E-state index contributed by atoms with van der Waals surface area (Å²) in [6.45, 7) is 8.77. The summed E-state index contributed by atoms with van der Waals surface area (Å²) in [4.78, 5) is 15.8. The Labute approximate surface area is 151 Å². The molecule has 0 bridgehead atoms. The number of nitrogens with two attached hydrogens (primary N) is 1. The first-order valence-corrected chi connectivity index (χ1v) is 8.54. The molecular weight excluding hydrogens is 347 g/mol. The molecule has 0 aromatic heterocycles. The van der Waals surface area contributed by atoms with Gasteiger partial charge in [-0.1, -0.05) is 6.07 Å². The van der Waals surface area contributed by atoms with Crippen molar-refractivity contribution in [1.82, 2.24) is 9.80 Å². The van der Waals surface area contributed by atoms with E-state index in [9.17, 15) is 18.0 Å². The minimum atomic E-state index is -4.45. The minimum absolute atomic E-state index is 0.0872. The Hall–Kier alpha value is -1.96. The first-order chi connectivity index (χ1) is 11.9. The van der Waals surface area contributed by atoms with Crippen LogP contribution in [-0.4, -0.2) is 47.2 Å². The summed E-state index contributed by atoms with van der Waals surface area (Å²) in [5.74, 6) is 0. The maximum Gasteiger partial charge on any atom is 0.416 e. The normalized spacial score (nSPS) is 19.5. The van der Waals surface area contributed by atoms with E-state index in [4.69, 9.17) is 10.5 Å². The second-order valence-corrected chi connectivity index (χ2v) is 7.67. The molecule has 0 saturated carbocycles. The molecule has 8 heteroatoms. The predicted molar refractivity (Wildman–Crippen MR) is 93.5 cm³/mol. The Morgan fingerprint density at radius 1 is 1.27 bits per heavy atom. The van der Waals surface area contributed by atoms with Crippen LogP contribution < -0.4 is 5.73 Å². The summed E-state index contributed by atoms with van der Waals surface area (Å²) in [6, 6.07) is 3.71. The lowest BCUT2D eigenvalue weighted by Crippen LogP contribution is -2.54.